The molecule has 1 amide bonds. The van der Waals surface area contributed by atoms with Gasteiger partial charge >= 0.3 is 6.09 Å². The minimum Gasteiger partial charge on any atom is -0.453 e. The molecule has 8 nitrogen and oxygen atoms in total. The van der Waals surface area contributed by atoms with Crippen molar-refractivity contribution in [3.8, 4) is 0 Å². The number of carbonyl (C=O) groups is 2. The van der Waals surface area contributed by atoms with Crippen LogP contribution in [0.1, 0.15) is 55.7 Å². The van der Waals surface area contributed by atoms with Gasteiger partial charge in [0.05, 0.1) is 18.1 Å². The molecule has 0 bridgehead atoms. The lowest BCUT2D eigenvalue weighted by Gasteiger charge is -2.36. The van der Waals surface area contributed by atoms with Gasteiger partial charge in [0.2, 0.25) is 5.78 Å². The summed E-state index contributed by atoms with van der Waals surface area (Å²) in [6, 6.07) is 4.68. The highest BCUT2D eigenvalue weighted by atomic mass is 16.5. The van der Waals surface area contributed by atoms with Gasteiger partial charge < -0.3 is 25.3 Å². The third-order valence-corrected chi connectivity index (χ3v) is 6.97. The lowest BCUT2D eigenvalue weighted by atomic mass is 9.71. The van der Waals surface area contributed by atoms with Crippen LogP contribution in [0.4, 0.5) is 10.5 Å². The fourth-order valence-corrected chi connectivity index (χ4v) is 4.90. The van der Waals surface area contributed by atoms with Gasteiger partial charge in [-0.3, -0.25) is 4.79 Å². The molecule has 8 heteroatoms. The number of hydrogen-bond donors (Lipinski definition) is 3. The smallest absolute Gasteiger partial charge is 0.407 e. The zero-order valence-electron chi connectivity index (χ0n) is 18.9. The number of alkyl carbamates (subject to hydrolysis) is 1. The van der Waals surface area contributed by atoms with Gasteiger partial charge in [-0.25, -0.2) is 9.78 Å². The molecule has 168 valence electrons. The first kappa shape index (κ1) is 21.6. The van der Waals surface area contributed by atoms with E-state index in [0.717, 1.165) is 43.5 Å². The lowest BCUT2D eigenvalue weighted by Crippen LogP contribution is -2.50. The number of methoxy groups -OCH3 is 1. The number of carbonyl (C=O) groups excluding carboxylic acids is 2. The van der Waals surface area contributed by atoms with Crippen LogP contribution in [-0.4, -0.2) is 60.7 Å². The van der Waals surface area contributed by atoms with Crippen molar-refractivity contribution in [1.82, 2.24) is 20.6 Å². The minimum absolute atomic E-state index is 0.0509. The molecular weight excluding hydrogens is 394 g/mol. The predicted octanol–water partition coefficient (Wildman–Crippen LogP) is 3.16. The highest BCUT2D eigenvalue weighted by Crippen LogP contribution is 2.39. The number of hydrogen-bond acceptors (Lipinski definition) is 6. The van der Waals surface area contributed by atoms with E-state index in [1.165, 1.54) is 18.4 Å². The van der Waals surface area contributed by atoms with E-state index in [2.05, 4.69) is 56.2 Å². The lowest BCUT2D eigenvalue weighted by molar-refractivity contribution is 0.0715. The van der Waals surface area contributed by atoms with Crippen LogP contribution in [0.5, 0.6) is 0 Å². The van der Waals surface area contributed by atoms with Crippen molar-refractivity contribution in [2.45, 2.75) is 58.5 Å². The largest absolute Gasteiger partial charge is 0.453 e. The Hall–Kier alpha value is -2.61. The molecule has 1 aromatic carbocycles. The molecule has 31 heavy (non-hydrogen) atoms. The SMILES string of the molecule is COC(=O)NC1CCC(C)(C(=O)c2nc3cc(C)c(N4CCNCC4C)cc3[nH]2)CC1. The number of benzene rings is 1. The Bertz CT molecular complexity index is 977. The number of anilines is 1. The van der Waals surface area contributed by atoms with Crippen molar-refractivity contribution in [1.29, 1.82) is 0 Å². The number of piperazine rings is 1. The van der Waals surface area contributed by atoms with Crippen molar-refractivity contribution < 1.29 is 14.3 Å². The number of amides is 1. The normalized spacial score (nSPS) is 26.6. The summed E-state index contributed by atoms with van der Waals surface area (Å²) in [5.41, 5.74) is 3.63. The number of nitrogens with one attached hydrogen (secondary N) is 3. The molecular formula is C23H33N5O3. The molecule has 1 saturated carbocycles. The van der Waals surface area contributed by atoms with Crippen LogP contribution in [0.25, 0.3) is 11.0 Å². The number of aromatic amines is 1. The maximum Gasteiger partial charge on any atom is 0.407 e. The maximum absolute atomic E-state index is 13.4. The third kappa shape index (κ3) is 4.26. The van der Waals surface area contributed by atoms with Crippen molar-refractivity contribution in [2.24, 2.45) is 5.41 Å². The molecule has 2 fully saturated rings. The van der Waals surface area contributed by atoms with Crippen LogP contribution in [0.15, 0.2) is 12.1 Å². The first-order chi connectivity index (χ1) is 14.8. The van der Waals surface area contributed by atoms with Gasteiger partial charge in [0, 0.05) is 42.8 Å². The van der Waals surface area contributed by atoms with Gasteiger partial charge in [-0.1, -0.05) is 6.92 Å². The summed E-state index contributed by atoms with van der Waals surface area (Å²) in [5.74, 6) is 0.483. The zero-order chi connectivity index (χ0) is 22.2. The van der Waals surface area contributed by atoms with Gasteiger partial charge in [0.25, 0.3) is 0 Å². The number of ether oxygens (including phenoxy) is 1. The summed E-state index contributed by atoms with van der Waals surface area (Å²) in [5, 5.41) is 6.28. The number of aromatic nitrogens is 2. The fraction of sp³-hybridized carbons (Fsp3) is 0.609. The van der Waals surface area contributed by atoms with Crippen molar-refractivity contribution >= 4 is 28.6 Å². The fourth-order valence-electron chi connectivity index (χ4n) is 4.90. The number of nitrogens with zero attached hydrogens (tertiary/aromatic N) is 2. The summed E-state index contributed by atoms with van der Waals surface area (Å²) in [6.45, 7) is 9.25. The Morgan fingerprint density at radius 1 is 1.29 bits per heavy atom. The number of H-pyrrole nitrogens is 1. The molecule has 2 aromatic rings. The molecule has 1 saturated heterocycles. The third-order valence-electron chi connectivity index (χ3n) is 6.97. The molecule has 1 aliphatic carbocycles. The van der Waals surface area contributed by atoms with Crippen LogP contribution in [0.3, 0.4) is 0 Å². The summed E-state index contributed by atoms with van der Waals surface area (Å²) >= 11 is 0. The van der Waals surface area contributed by atoms with Crippen molar-refractivity contribution in [2.75, 3.05) is 31.6 Å². The topological polar surface area (TPSA) is 99.3 Å². The van der Waals surface area contributed by atoms with Gasteiger partial charge in [-0.15, -0.1) is 0 Å². The van der Waals surface area contributed by atoms with Gasteiger partial charge in [-0.2, -0.15) is 0 Å². The van der Waals surface area contributed by atoms with E-state index in [-0.39, 0.29) is 11.8 Å². The van der Waals surface area contributed by atoms with Gasteiger partial charge in [-0.05, 0) is 57.2 Å². The quantitative estimate of drug-likeness (QED) is 0.648. The number of imidazole rings is 1. The Balaban J connectivity index is 1.53. The van der Waals surface area contributed by atoms with E-state index in [4.69, 9.17) is 0 Å². The van der Waals surface area contributed by atoms with Gasteiger partial charge in [0.15, 0.2) is 5.82 Å². The molecule has 3 N–H and O–H groups in total. The van der Waals surface area contributed by atoms with E-state index >= 15 is 0 Å². The molecule has 4 rings (SSSR count). The molecule has 1 aliphatic heterocycles. The van der Waals surface area contributed by atoms with Crippen LogP contribution in [-0.2, 0) is 4.74 Å². The maximum atomic E-state index is 13.4. The second-order valence-corrected chi connectivity index (χ2v) is 9.29. The average molecular weight is 428 g/mol. The Labute approximate surface area is 183 Å². The number of aryl methyl sites for hydroxylation is 1. The van der Waals surface area contributed by atoms with E-state index in [9.17, 15) is 9.59 Å². The first-order valence-electron chi connectivity index (χ1n) is 11.2. The van der Waals surface area contributed by atoms with E-state index in [0.29, 0.717) is 24.7 Å². The molecule has 0 spiro atoms. The Kier molecular flexibility index (Phi) is 5.92. The number of fused-ring (bicyclic) bond motifs is 1. The van der Waals surface area contributed by atoms with Crippen LogP contribution in [0, 0.1) is 12.3 Å². The molecule has 0 radical (unpaired) electrons. The zero-order valence-corrected chi connectivity index (χ0v) is 18.9. The second kappa shape index (κ2) is 8.49. The summed E-state index contributed by atoms with van der Waals surface area (Å²) in [7, 11) is 1.36. The Morgan fingerprint density at radius 2 is 2.03 bits per heavy atom. The number of rotatable bonds is 4. The number of Topliss-reactive ketones (excluding diaryl/α,β-unsaturated/α-hetero) is 1. The Morgan fingerprint density at radius 3 is 2.71 bits per heavy atom. The van der Waals surface area contributed by atoms with Gasteiger partial charge in [0.1, 0.15) is 0 Å². The summed E-state index contributed by atoms with van der Waals surface area (Å²) < 4.78 is 4.69. The van der Waals surface area contributed by atoms with E-state index < -0.39 is 11.5 Å². The van der Waals surface area contributed by atoms with E-state index in [1.54, 1.807) is 0 Å². The molecule has 2 heterocycles. The molecule has 1 unspecified atom stereocenters. The second-order valence-electron chi connectivity index (χ2n) is 9.29. The average Bonchev–Trinajstić information content (AvgIpc) is 3.17. The molecule has 1 atom stereocenters. The highest BCUT2D eigenvalue weighted by molar-refractivity contribution is 6.00. The standard InChI is InChI=1S/C23H33N5O3/c1-14-11-17-18(12-19(14)28-10-9-24-13-15(28)2)27-21(26-17)20(29)23(3)7-5-16(6-8-23)25-22(30)31-4/h11-12,15-16,24H,5-10,13H2,1-4H3,(H,25,30)(H,26,27). The monoisotopic (exact) mass is 427 g/mol. The van der Waals surface area contributed by atoms with Crippen LogP contribution < -0.4 is 15.5 Å². The van der Waals surface area contributed by atoms with E-state index in [1.807, 2.05) is 6.92 Å². The highest BCUT2D eigenvalue weighted by Gasteiger charge is 2.39. The summed E-state index contributed by atoms with van der Waals surface area (Å²) in [6.07, 6.45) is 2.51. The number of ketones is 1. The minimum atomic E-state index is -0.479. The predicted molar refractivity (Wildman–Crippen MR) is 121 cm³/mol. The van der Waals surface area contributed by atoms with Crippen molar-refractivity contribution in [3.05, 3.63) is 23.5 Å². The first-order valence-corrected chi connectivity index (χ1v) is 11.2. The molecule has 2 aliphatic rings. The van der Waals surface area contributed by atoms with Crippen LogP contribution >= 0.6 is 0 Å². The van der Waals surface area contributed by atoms with Crippen molar-refractivity contribution in [3.63, 3.8) is 0 Å². The molecule has 1 aromatic heterocycles. The summed E-state index contributed by atoms with van der Waals surface area (Å²) in [4.78, 5) is 35.2. The van der Waals surface area contributed by atoms with Crippen LogP contribution in [0.2, 0.25) is 0 Å².